The van der Waals surface area contributed by atoms with Gasteiger partial charge >= 0.3 is 0 Å². The molecule has 0 spiro atoms. The van der Waals surface area contributed by atoms with E-state index in [9.17, 15) is 9.59 Å². The van der Waals surface area contributed by atoms with E-state index in [0.717, 1.165) is 13.0 Å². The van der Waals surface area contributed by atoms with Gasteiger partial charge < -0.3 is 9.88 Å². The van der Waals surface area contributed by atoms with Gasteiger partial charge in [-0.1, -0.05) is 12.1 Å². The predicted octanol–water partition coefficient (Wildman–Crippen LogP) is 0.949. The molecule has 3 heterocycles. The molecule has 0 bridgehead atoms. The molecule has 25 heavy (non-hydrogen) atoms. The summed E-state index contributed by atoms with van der Waals surface area (Å²) in [7, 11) is 0. The highest BCUT2D eigenvalue weighted by Crippen LogP contribution is 2.41. The highest BCUT2D eigenvalue weighted by molar-refractivity contribution is 5.99. The molecule has 2 amide bonds. The van der Waals surface area contributed by atoms with Gasteiger partial charge in [0.05, 0.1) is 19.8 Å². The molecule has 2 saturated heterocycles. The average Bonchev–Trinajstić information content (AvgIpc) is 2.93. The van der Waals surface area contributed by atoms with Crippen LogP contribution in [0.2, 0.25) is 0 Å². The second kappa shape index (κ2) is 5.68. The fourth-order valence-corrected chi connectivity index (χ4v) is 4.84. The molecule has 2 atom stereocenters. The Labute approximate surface area is 146 Å². The normalized spacial score (nSPS) is 26.6. The smallest absolute Gasteiger partial charge is 0.240 e. The number of hydrogen-bond acceptors (Lipinski definition) is 4. The molecule has 0 saturated carbocycles. The lowest BCUT2D eigenvalue weighted by atomic mass is 9.76. The first kappa shape index (κ1) is 15.1. The molecule has 2 aliphatic heterocycles. The van der Waals surface area contributed by atoms with Crippen LogP contribution < -0.4 is 10.6 Å². The monoisotopic (exact) mass is 338 g/mol. The fraction of sp³-hybridized carbons (Fsp3) is 0.474. The number of piperidine rings is 1. The van der Waals surface area contributed by atoms with Crippen molar-refractivity contribution in [3.63, 3.8) is 0 Å². The molecular weight excluding hydrogens is 316 g/mol. The van der Waals surface area contributed by atoms with Gasteiger partial charge in [0.1, 0.15) is 0 Å². The molecule has 1 aliphatic carbocycles. The van der Waals surface area contributed by atoms with Crippen molar-refractivity contribution >= 4 is 22.7 Å². The first-order valence-electron chi connectivity index (χ1n) is 9.08. The number of carbonyl (C=O) groups excluding carboxylic acids is 2. The van der Waals surface area contributed by atoms with E-state index >= 15 is 0 Å². The topological polar surface area (TPSA) is 66.4 Å². The Morgan fingerprint density at radius 3 is 2.84 bits per heavy atom. The maximum absolute atomic E-state index is 11.6. The van der Waals surface area contributed by atoms with Crippen LogP contribution in [0.3, 0.4) is 0 Å². The summed E-state index contributed by atoms with van der Waals surface area (Å²) in [5, 5.41) is 7.44. The zero-order valence-corrected chi connectivity index (χ0v) is 14.1. The number of carbonyl (C=O) groups is 2. The maximum Gasteiger partial charge on any atom is 0.240 e. The van der Waals surface area contributed by atoms with E-state index in [-0.39, 0.29) is 24.9 Å². The lowest BCUT2D eigenvalue weighted by Crippen LogP contribution is -2.51. The third-order valence-electron chi connectivity index (χ3n) is 5.81. The van der Waals surface area contributed by atoms with E-state index in [1.54, 1.807) is 0 Å². The largest absolute Gasteiger partial charge is 0.334 e. The molecule has 6 nitrogen and oxygen atoms in total. The molecule has 2 fully saturated rings. The third kappa shape index (κ3) is 2.48. The Hall–Kier alpha value is -2.18. The lowest BCUT2D eigenvalue weighted by molar-refractivity contribution is -0.136. The lowest BCUT2D eigenvalue weighted by Gasteiger charge is -2.36. The molecule has 2 aromatic rings. The number of benzene rings is 1. The zero-order chi connectivity index (χ0) is 17.0. The molecule has 1 aromatic heterocycles. The van der Waals surface area contributed by atoms with Gasteiger partial charge in [0.2, 0.25) is 11.8 Å². The van der Waals surface area contributed by atoms with Gasteiger partial charge in [-0.25, -0.2) is 0 Å². The minimum absolute atomic E-state index is 0.215. The summed E-state index contributed by atoms with van der Waals surface area (Å²) in [6.45, 7) is 2.22. The van der Waals surface area contributed by atoms with Crippen LogP contribution in [0.1, 0.15) is 29.9 Å². The number of fused-ring (bicyclic) bond motifs is 2. The molecule has 0 unspecified atom stereocenters. The van der Waals surface area contributed by atoms with Crippen LogP contribution in [0, 0.1) is 0 Å². The van der Waals surface area contributed by atoms with Crippen LogP contribution in [0.25, 0.3) is 10.9 Å². The maximum atomic E-state index is 11.6. The van der Waals surface area contributed by atoms with Crippen molar-refractivity contribution in [1.82, 2.24) is 20.1 Å². The Bertz CT molecular complexity index is 856. The molecule has 3 aliphatic rings. The van der Waals surface area contributed by atoms with Gasteiger partial charge in [-0.2, -0.15) is 0 Å². The Morgan fingerprint density at radius 2 is 2.00 bits per heavy atom. The van der Waals surface area contributed by atoms with Crippen LogP contribution in [0.5, 0.6) is 0 Å². The number of imide groups is 1. The van der Waals surface area contributed by atoms with E-state index in [2.05, 4.69) is 39.6 Å². The van der Waals surface area contributed by atoms with E-state index in [1.807, 2.05) is 4.90 Å². The van der Waals surface area contributed by atoms with Crippen molar-refractivity contribution in [3.05, 3.63) is 35.5 Å². The van der Waals surface area contributed by atoms with Crippen LogP contribution >= 0.6 is 0 Å². The SMILES string of the molecule is O=C1CN(Cn2cc3c4c(cccc42)[C@H]2CCCN[C@@H]2C3)CC(=O)N1. The first-order valence-corrected chi connectivity index (χ1v) is 9.08. The highest BCUT2D eigenvalue weighted by Gasteiger charge is 2.33. The third-order valence-corrected chi connectivity index (χ3v) is 5.81. The summed E-state index contributed by atoms with van der Waals surface area (Å²) >= 11 is 0. The molecule has 5 rings (SSSR count). The summed E-state index contributed by atoms with van der Waals surface area (Å²) in [5.74, 6) is 0.171. The first-order chi connectivity index (χ1) is 12.2. The van der Waals surface area contributed by atoms with Crippen molar-refractivity contribution in [2.24, 2.45) is 0 Å². The predicted molar refractivity (Wildman–Crippen MR) is 94.1 cm³/mol. The van der Waals surface area contributed by atoms with Gasteiger partial charge in [0, 0.05) is 29.1 Å². The van der Waals surface area contributed by atoms with E-state index in [0.29, 0.717) is 18.6 Å². The Balaban J connectivity index is 1.53. The summed E-state index contributed by atoms with van der Waals surface area (Å²) in [4.78, 5) is 25.2. The standard InChI is InChI=1S/C19H22N4O2/c24-17-9-22(10-18(25)21-17)11-23-8-12-7-15-13(4-2-6-20-15)14-3-1-5-16(23)19(12)14/h1,3,5,8,13,15,20H,2,4,6-7,9-11H2,(H,21,24,25)/t13-,15-/m1/s1. The van der Waals surface area contributed by atoms with Crippen LogP contribution in [-0.2, 0) is 22.7 Å². The molecule has 2 N–H and O–H groups in total. The van der Waals surface area contributed by atoms with Gasteiger partial charge in [0.25, 0.3) is 0 Å². The number of nitrogens with zero attached hydrogens (tertiary/aromatic N) is 2. The summed E-state index contributed by atoms with van der Waals surface area (Å²) in [6, 6.07) is 7.11. The van der Waals surface area contributed by atoms with Gasteiger partial charge in [-0.05, 0) is 43.0 Å². The van der Waals surface area contributed by atoms with E-state index in [1.165, 1.54) is 34.9 Å². The minimum atomic E-state index is -0.215. The minimum Gasteiger partial charge on any atom is -0.334 e. The summed E-state index contributed by atoms with van der Waals surface area (Å²) < 4.78 is 2.21. The zero-order valence-electron chi connectivity index (χ0n) is 14.1. The van der Waals surface area contributed by atoms with Crippen molar-refractivity contribution in [2.45, 2.75) is 37.9 Å². The Kier molecular flexibility index (Phi) is 3.43. The molecule has 0 radical (unpaired) electrons. The van der Waals surface area contributed by atoms with Crippen molar-refractivity contribution in [2.75, 3.05) is 19.6 Å². The van der Waals surface area contributed by atoms with Crippen LogP contribution in [0.4, 0.5) is 0 Å². The molecule has 130 valence electrons. The Morgan fingerprint density at radius 1 is 1.16 bits per heavy atom. The van der Waals surface area contributed by atoms with Gasteiger partial charge in [0.15, 0.2) is 0 Å². The number of aromatic nitrogens is 1. The fourth-order valence-electron chi connectivity index (χ4n) is 4.84. The van der Waals surface area contributed by atoms with Crippen molar-refractivity contribution < 1.29 is 9.59 Å². The summed E-state index contributed by atoms with van der Waals surface area (Å²) in [5.41, 5.74) is 4.06. The van der Waals surface area contributed by atoms with Crippen molar-refractivity contribution in [1.29, 1.82) is 0 Å². The number of nitrogens with one attached hydrogen (secondary N) is 2. The second-order valence-electron chi connectivity index (χ2n) is 7.48. The molecular formula is C19H22N4O2. The van der Waals surface area contributed by atoms with Gasteiger partial charge in [-0.15, -0.1) is 0 Å². The van der Waals surface area contributed by atoms with E-state index in [4.69, 9.17) is 0 Å². The number of rotatable bonds is 2. The van der Waals surface area contributed by atoms with Crippen LogP contribution in [-0.4, -0.2) is 47.0 Å². The number of amides is 2. The number of piperazine rings is 1. The average molecular weight is 338 g/mol. The van der Waals surface area contributed by atoms with Gasteiger partial charge in [-0.3, -0.25) is 19.8 Å². The summed E-state index contributed by atoms with van der Waals surface area (Å²) in [6.07, 6.45) is 5.77. The highest BCUT2D eigenvalue weighted by atomic mass is 16.2. The quantitative estimate of drug-likeness (QED) is 0.800. The number of hydrogen-bond donors (Lipinski definition) is 2. The second-order valence-corrected chi connectivity index (χ2v) is 7.48. The van der Waals surface area contributed by atoms with E-state index < -0.39 is 0 Å². The molecule has 6 heteroatoms. The molecule has 1 aromatic carbocycles. The van der Waals surface area contributed by atoms with Crippen molar-refractivity contribution in [3.8, 4) is 0 Å². The van der Waals surface area contributed by atoms with Crippen LogP contribution in [0.15, 0.2) is 24.4 Å².